The standard InChI is InChI=1S/C21H18Cl2N2O2/c1-14-17(12-26)16-11-15(7-8-21(16)25(14)10-3-2-9-24)27-13-18-19(22)5-4-6-20(18)23/h4-8,11-12H,2-3,10,13H2,1H3. The zero-order valence-corrected chi connectivity index (χ0v) is 16.3. The highest BCUT2D eigenvalue weighted by Crippen LogP contribution is 2.30. The Morgan fingerprint density at radius 2 is 1.96 bits per heavy atom. The average molecular weight is 401 g/mol. The highest BCUT2D eigenvalue weighted by Gasteiger charge is 2.15. The van der Waals surface area contributed by atoms with Crippen LogP contribution in [0.15, 0.2) is 36.4 Å². The van der Waals surface area contributed by atoms with E-state index in [0.29, 0.717) is 34.3 Å². The molecule has 2 aromatic carbocycles. The van der Waals surface area contributed by atoms with E-state index in [1.165, 1.54) is 0 Å². The Bertz CT molecular complexity index is 1010. The average Bonchev–Trinajstić information content (AvgIpc) is 2.92. The summed E-state index contributed by atoms with van der Waals surface area (Å²) >= 11 is 12.4. The van der Waals surface area contributed by atoms with Gasteiger partial charge in [-0.15, -0.1) is 0 Å². The van der Waals surface area contributed by atoms with E-state index in [9.17, 15) is 4.79 Å². The van der Waals surface area contributed by atoms with Gasteiger partial charge in [-0.3, -0.25) is 4.79 Å². The zero-order chi connectivity index (χ0) is 19.4. The number of ether oxygens (including phenoxy) is 1. The van der Waals surface area contributed by atoms with Crippen LogP contribution in [-0.4, -0.2) is 10.9 Å². The summed E-state index contributed by atoms with van der Waals surface area (Å²) in [5.41, 5.74) is 3.21. The number of unbranched alkanes of at least 4 members (excludes halogenated alkanes) is 1. The van der Waals surface area contributed by atoms with Crippen molar-refractivity contribution in [1.29, 1.82) is 5.26 Å². The van der Waals surface area contributed by atoms with Crippen molar-refractivity contribution in [1.82, 2.24) is 4.57 Å². The number of aromatic nitrogens is 1. The van der Waals surface area contributed by atoms with Crippen LogP contribution in [0.1, 0.15) is 34.5 Å². The molecule has 4 nitrogen and oxygen atoms in total. The number of nitriles is 1. The normalized spacial score (nSPS) is 10.7. The predicted octanol–water partition coefficient (Wildman–Crippen LogP) is 5.95. The van der Waals surface area contributed by atoms with Crippen LogP contribution < -0.4 is 4.74 Å². The van der Waals surface area contributed by atoms with Crippen molar-refractivity contribution in [3.05, 3.63) is 63.3 Å². The predicted molar refractivity (Wildman–Crippen MR) is 108 cm³/mol. The molecule has 1 aromatic heterocycles. The van der Waals surface area contributed by atoms with Gasteiger partial charge in [-0.2, -0.15) is 5.26 Å². The first kappa shape index (κ1) is 19.3. The molecular weight excluding hydrogens is 383 g/mol. The molecule has 6 heteroatoms. The monoisotopic (exact) mass is 400 g/mol. The molecule has 0 saturated heterocycles. The summed E-state index contributed by atoms with van der Waals surface area (Å²) in [6.07, 6.45) is 2.09. The van der Waals surface area contributed by atoms with E-state index in [0.717, 1.165) is 34.9 Å². The van der Waals surface area contributed by atoms with Gasteiger partial charge in [0.2, 0.25) is 0 Å². The third-order valence-electron chi connectivity index (χ3n) is 4.58. The maximum atomic E-state index is 11.6. The van der Waals surface area contributed by atoms with E-state index in [4.69, 9.17) is 33.2 Å². The second-order valence-electron chi connectivity index (χ2n) is 6.20. The van der Waals surface area contributed by atoms with Gasteiger partial charge in [-0.05, 0) is 43.7 Å². The molecule has 0 saturated carbocycles. The molecule has 0 atom stereocenters. The van der Waals surface area contributed by atoms with Crippen LogP contribution >= 0.6 is 23.2 Å². The second kappa shape index (κ2) is 8.47. The summed E-state index contributed by atoms with van der Waals surface area (Å²) in [7, 11) is 0. The number of carbonyl (C=O) groups excluding carboxylic acids is 1. The number of carbonyl (C=O) groups is 1. The van der Waals surface area contributed by atoms with Crippen LogP contribution in [0, 0.1) is 18.3 Å². The van der Waals surface area contributed by atoms with Crippen LogP contribution in [0.25, 0.3) is 10.9 Å². The van der Waals surface area contributed by atoms with Crippen molar-refractivity contribution in [3.63, 3.8) is 0 Å². The quantitative estimate of drug-likeness (QED) is 0.363. The van der Waals surface area contributed by atoms with Gasteiger partial charge < -0.3 is 9.30 Å². The number of aryl methyl sites for hydroxylation is 1. The van der Waals surface area contributed by atoms with Crippen LogP contribution in [0.2, 0.25) is 10.0 Å². The van der Waals surface area contributed by atoms with E-state index in [2.05, 4.69) is 10.6 Å². The fourth-order valence-electron chi connectivity index (χ4n) is 3.16. The van der Waals surface area contributed by atoms with Crippen LogP contribution in [0.4, 0.5) is 0 Å². The molecule has 0 radical (unpaired) electrons. The molecular formula is C21H18Cl2N2O2. The summed E-state index contributed by atoms with van der Waals surface area (Å²) in [6.45, 7) is 2.85. The first-order valence-corrected chi connectivity index (χ1v) is 9.33. The fourth-order valence-corrected chi connectivity index (χ4v) is 3.66. The number of hydrogen-bond acceptors (Lipinski definition) is 3. The number of halogens is 2. The van der Waals surface area contributed by atoms with Gasteiger partial charge in [0.1, 0.15) is 12.4 Å². The number of rotatable bonds is 7. The Hall–Kier alpha value is -2.48. The summed E-state index contributed by atoms with van der Waals surface area (Å²) < 4.78 is 7.95. The lowest BCUT2D eigenvalue weighted by Gasteiger charge is -2.10. The van der Waals surface area contributed by atoms with Gasteiger partial charge in [-0.25, -0.2) is 0 Å². The van der Waals surface area contributed by atoms with E-state index in [1.807, 2.05) is 25.1 Å². The molecule has 0 aliphatic carbocycles. The highest BCUT2D eigenvalue weighted by atomic mass is 35.5. The second-order valence-corrected chi connectivity index (χ2v) is 7.01. The Morgan fingerprint density at radius 3 is 2.63 bits per heavy atom. The van der Waals surface area contributed by atoms with Crippen molar-refractivity contribution < 1.29 is 9.53 Å². The van der Waals surface area contributed by atoms with Crippen molar-refractivity contribution in [3.8, 4) is 11.8 Å². The molecule has 138 valence electrons. The molecule has 0 unspecified atom stereocenters. The molecule has 3 rings (SSSR count). The summed E-state index contributed by atoms with van der Waals surface area (Å²) in [4.78, 5) is 11.6. The Morgan fingerprint density at radius 1 is 1.22 bits per heavy atom. The third-order valence-corrected chi connectivity index (χ3v) is 5.28. The van der Waals surface area contributed by atoms with Gasteiger partial charge in [-0.1, -0.05) is 29.3 Å². The lowest BCUT2D eigenvalue weighted by molar-refractivity contribution is 0.112. The number of nitrogens with zero attached hydrogens (tertiary/aromatic N) is 2. The molecule has 0 amide bonds. The van der Waals surface area contributed by atoms with E-state index >= 15 is 0 Å². The topological polar surface area (TPSA) is 55.0 Å². The molecule has 0 fully saturated rings. The number of fused-ring (bicyclic) bond motifs is 1. The largest absolute Gasteiger partial charge is 0.489 e. The number of hydrogen-bond donors (Lipinski definition) is 0. The van der Waals surface area contributed by atoms with Gasteiger partial charge in [0.15, 0.2) is 6.29 Å². The number of aldehydes is 1. The van der Waals surface area contributed by atoms with E-state index in [-0.39, 0.29) is 6.61 Å². The van der Waals surface area contributed by atoms with Gasteiger partial charge in [0.25, 0.3) is 0 Å². The van der Waals surface area contributed by atoms with Crippen molar-refractivity contribution >= 4 is 40.4 Å². The van der Waals surface area contributed by atoms with E-state index < -0.39 is 0 Å². The third kappa shape index (κ3) is 3.95. The SMILES string of the molecule is Cc1c(C=O)c2cc(OCc3c(Cl)cccc3Cl)ccc2n1CCCC#N. The smallest absolute Gasteiger partial charge is 0.152 e. The first-order chi connectivity index (χ1) is 13.1. The molecule has 27 heavy (non-hydrogen) atoms. The fraction of sp³-hybridized carbons (Fsp3) is 0.238. The molecule has 0 aliphatic rings. The van der Waals surface area contributed by atoms with Crippen molar-refractivity contribution in [2.75, 3.05) is 0 Å². The molecule has 0 bridgehead atoms. The van der Waals surface area contributed by atoms with Crippen LogP contribution in [0.5, 0.6) is 5.75 Å². The Kier molecular flexibility index (Phi) is 6.05. The summed E-state index contributed by atoms with van der Waals surface area (Å²) in [6, 6.07) is 13.1. The lowest BCUT2D eigenvalue weighted by Crippen LogP contribution is -2.00. The zero-order valence-electron chi connectivity index (χ0n) is 14.8. The van der Waals surface area contributed by atoms with Crippen LogP contribution in [-0.2, 0) is 13.2 Å². The minimum Gasteiger partial charge on any atom is -0.489 e. The van der Waals surface area contributed by atoms with E-state index in [1.54, 1.807) is 18.2 Å². The lowest BCUT2D eigenvalue weighted by atomic mass is 10.1. The molecule has 3 aromatic rings. The molecule has 0 N–H and O–H groups in total. The molecule has 0 spiro atoms. The maximum absolute atomic E-state index is 11.6. The molecule has 1 heterocycles. The van der Waals surface area contributed by atoms with Gasteiger partial charge in [0.05, 0.1) is 6.07 Å². The summed E-state index contributed by atoms with van der Waals surface area (Å²) in [5.74, 6) is 0.635. The maximum Gasteiger partial charge on any atom is 0.152 e. The van der Waals surface area contributed by atoms with Gasteiger partial charge in [0, 0.05) is 50.7 Å². The minimum absolute atomic E-state index is 0.238. The number of benzene rings is 2. The first-order valence-electron chi connectivity index (χ1n) is 8.57. The summed E-state index contributed by atoms with van der Waals surface area (Å²) in [5, 5.41) is 10.7. The minimum atomic E-state index is 0.238. The van der Waals surface area contributed by atoms with Crippen molar-refractivity contribution in [2.45, 2.75) is 32.9 Å². The van der Waals surface area contributed by atoms with Crippen molar-refractivity contribution in [2.24, 2.45) is 0 Å². The van der Waals surface area contributed by atoms with Gasteiger partial charge >= 0.3 is 0 Å². The van der Waals surface area contributed by atoms with Crippen LogP contribution in [0.3, 0.4) is 0 Å². The Balaban J connectivity index is 1.91. The highest BCUT2D eigenvalue weighted by molar-refractivity contribution is 6.35. The Labute approximate surface area is 167 Å². The molecule has 0 aliphatic heterocycles.